The molecule has 0 radical (unpaired) electrons. The van der Waals surface area contributed by atoms with E-state index in [2.05, 4.69) is 5.32 Å². The van der Waals surface area contributed by atoms with E-state index in [-0.39, 0.29) is 16.6 Å². The number of rotatable bonds is 3. The lowest BCUT2D eigenvalue weighted by atomic mass is 9.99. The van der Waals surface area contributed by atoms with E-state index in [4.69, 9.17) is 11.6 Å². The first-order chi connectivity index (χ1) is 11.1. The van der Waals surface area contributed by atoms with Crippen molar-refractivity contribution >= 4 is 28.3 Å². The molecule has 0 aliphatic rings. The van der Waals surface area contributed by atoms with Gasteiger partial charge in [0.25, 0.3) is 5.91 Å². The number of halogens is 2. The average Bonchev–Trinajstić information content (AvgIpc) is 2.54. The third-order valence-corrected chi connectivity index (χ3v) is 4.14. The van der Waals surface area contributed by atoms with Gasteiger partial charge in [-0.25, -0.2) is 4.39 Å². The van der Waals surface area contributed by atoms with Crippen molar-refractivity contribution in [1.82, 2.24) is 5.32 Å². The van der Waals surface area contributed by atoms with E-state index in [9.17, 15) is 9.18 Å². The Balaban J connectivity index is 1.92. The largest absolute Gasteiger partial charge is 0.345 e. The molecular weight excluding hydrogens is 313 g/mol. The van der Waals surface area contributed by atoms with Crippen molar-refractivity contribution in [2.45, 2.75) is 13.0 Å². The van der Waals surface area contributed by atoms with Crippen LogP contribution in [0.15, 0.2) is 60.7 Å². The predicted octanol–water partition coefficient (Wildman–Crippen LogP) is 5.12. The van der Waals surface area contributed by atoms with Crippen molar-refractivity contribution in [2.75, 3.05) is 0 Å². The second-order valence-electron chi connectivity index (χ2n) is 5.36. The summed E-state index contributed by atoms with van der Waals surface area (Å²) in [5.74, 6) is -1.14. The van der Waals surface area contributed by atoms with Crippen LogP contribution in [-0.4, -0.2) is 5.91 Å². The van der Waals surface area contributed by atoms with Crippen LogP contribution in [0.5, 0.6) is 0 Å². The Labute approximate surface area is 138 Å². The summed E-state index contributed by atoms with van der Waals surface area (Å²) in [5.41, 5.74) is 0.852. The lowest BCUT2D eigenvalue weighted by Gasteiger charge is -2.17. The van der Waals surface area contributed by atoms with Gasteiger partial charge in [0, 0.05) is 0 Å². The van der Waals surface area contributed by atoms with Crippen LogP contribution in [0.1, 0.15) is 28.9 Å². The molecule has 1 N–H and O–H groups in total. The zero-order valence-electron chi connectivity index (χ0n) is 12.5. The van der Waals surface area contributed by atoms with Crippen molar-refractivity contribution in [2.24, 2.45) is 0 Å². The van der Waals surface area contributed by atoms with Crippen LogP contribution in [-0.2, 0) is 0 Å². The van der Waals surface area contributed by atoms with Gasteiger partial charge in [0.1, 0.15) is 5.82 Å². The van der Waals surface area contributed by atoms with Crippen molar-refractivity contribution in [3.63, 3.8) is 0 Å². The third kappa shape index (κ3) is 3.06. The fraction of sp³-hybridized carbons (Fsp3) is 0.105. The molecule has 116 valence electrons. The van der Waals surface area contributed by atoms with Gasteiger partial charge in [0.15, 0.2) is 0 Å². The number of carbonyl (C=O) groups is 1. The molecule has 0 spiro atoms. The number of benzene rings is 3. The summed E-state index contributed by atoms with van der Waals surface area (Å²) < 4.78 is 13.9. The molecule has 0 fully saturated rings. The van der Waals surface area contributed by atoms with Crippen LogP contribution >= 0.6 is 11.6 Å². The normalized spacial score (nSPS) is 12.1. The molecule has 0 aromatic heterocycles. The van der Waals surface area contributed by atoms with Crippen LogP contribution < -0.4 is 5.32 Å². The highest BCUT2D eigenvalue weighted by Crippen LogP contribution is 2.25. The van der Waals surface area contributed by atoms with Crippen molar-refractivity contribution in [3.8, 4) is 0 Å². The molecule has 0 aliphatic carbocycles. The first-order valence-corrected chi connectivity index (χ1v) is 7.68. The van der Waals surface area contributed by atoms with Gasteiger partial charge in [-0.05, 0) is 35.4 Å². The van der Waals surface area contributed by atoms with E-state index in [0.717, 1.165) is 16.3 Å². The Kier molecular flexibility index (Phi) is 4.30. The number of hydrogen-bond acceptors (Lipinski definition) is 1. The van der Waals surface area contributed by atoms with Gasteiger partial charge in [0.05, 0.1) is 16.6 Å². The zero-order chi connectivity index (χ0) is 16.4. The fourth-order valence-corrected chi connectivity index (χ4v) is 2.94. The maximum absolute atomic E-state index is 13.9. The molecule has 0 aliphatic heterocycles. The average molecular weight is 328 g/mol. The monoisotopic (exact) mass is 327 g/mol. The standard InChI is InChI=1S/C19H15ClFNO/c1-12(14-9-4-7-13-6-2-3-8-15(13)14)22-19(23)18-16(20)10-5-11-17(18)21/h2-12H,1H3,(H,22,23). The Bertz CT molecular complexity index is 853. The van der Waals surface area contributed by atoms with Crippen LogP contribution in [0, 0.1) is 5.82 Å². The van der Waals surface area contributed by atoms with E-state index in [1.165, 1.54) is 18.2 Å². The Morgan fingerprint density at radius 1 is 1.04 bits per heavy atom. The SMILES string of the molecule is CC(NC(=O)c1c(F)cccc1Cl)c1cccc2ccccc12. The molecule has 4 heteroatoms. The Morgan fingerprint density at radius 3 is 2.52 bits per heavy atom. The predicted molar refractivity (Wildman–Crippen MR) is 91.2 cm³/mol. The summed E-state index contributed by atoms with van der Waals surface area (Å²) in [6.07, 6.45) is 0. The summed E-state index contributed by atoms with van der Waals surface area (Å²) in [6, 6.07) is 17.8. The summed E-state index contributed by atoms with van der Waals surface area (Å²) in [5, 5.41) is 5.08. The minimum atomic E-state index is -0.625. The molecule has 1 atom stereocenters. The number of fused-ring (bicyclic) bond motifs is 1. The number of carbonyl (C=O) groups excluding carboxylic acids is 1. The zero-order valence-corrected chi connectivity index (χ0v) is 13.3. The molecule has 0 bridgehead atoms. The summed E-state index contributed by atoms with van der Waals surface area (Å²) in [7, 11) is 0. The highest BCUT2D eigenvalue weighted by atomic mass is 35.5. The summed E-state index contributed by atoms with van der Waals surface area (Å²) >= 11 is 5.95. The highest BCUT2D eigenvalue weighted by molar-refractivity contribution is 6.33. The molecule has 0 saturated heterocycles. The first-order valence-electron chi connectivity index (χ1n) is 7.30. The first kappa shape index (κ1) is 15.5. The van der Waals surface area contributed by atoms with E-state index in [1.807, 2.05) is 49.4 Å². The van der Waals surface area contributed by atoms with Crippen LogP contribution in [0.4, 0.5) is 4.39 Å². The number of amides is 1. The number of nitrogens with one attached hydrogen (secondary N) is 1. The minimum Gasteiger partial charge on any atom is -0.345 e. The van der Waals surface area contributed by atoms with Gasteiger partial charge in [-0.1, -0.05) is 60.1 Å². The van der Waals surface area contributed by atoms with Gasteiger partial charge >= 0.3 is 0 Å². The molecule has 3 aromatic rings. The van der Waals surface area contributed by atoms with Crippen molar-refractivity contribution in [1.29, 1.82) is 0 Å². The highest BCUT2D eigenvalue weighted by Gasteiger charge is 2.19. The smallest absolute Gasteiger partial charge is 0.256 e. The van der Waals surface area contributed by atoms with Crippen molar-refractivity contribution < 1.29 is 9.18 Å². The van der Waals surface area contributed by atoms with E-state index < -0.39 is 11.7 Å². The molecule has 3 aromatic carbocycles. The second kappa shape index (κ2) is 6.39. The number of hydrogen-bond donors (Lipinski definition) is 1. The van der Waals surface area contributed by atoms with Gasteiger partial charge in [-0.15, -0.1) is 0 Å². The van der Waals surface area contributed by atoms with E-state index in [1.54, 1.807) is 0 Å². The van der Waals surface area contributed by atoms with Crippen molar-refractivity contribution in [3.05, 3.63) is 82.6 Å². The topological polar surface area (TPSA) is 29.1 Å². The van der Waals surface area contributed by atoms with Gasteiger partial charge in [-0.3, -0.25) is 4.79 Å². The molecule has 1 unspecified atom stereocenters. The van der Waals surface area contributed by atoms with Crippen LogP contribution in [0.25, 0.3) is 10.8 Å². The maximum atomic E-state index is 13.9. The van der Waals surface area contributed by atoms with Crippen LogP contribution in [0.3, 0.4) is 0 Å². The van der Waals surface area contributed by atoms with Gasteiger partial charge in [0.2, 0.25) is 0 Å². The van der Waals surface area contributed by atoms with Crippen LogP contribution in [0.2, 0.25) is 5.02 Å². The minimum absolute atomic E-state index is 0.104. The molecule has 1 amide bonds. The van der Waals surface area contributed by atoms with E-state index >= 15 is 0 Å². The quantitative estimate of drug-likeness (QED) is 0.710. The second-order valence-corrected chi connectivity index (χ2v) is 5.77. The Morgan fingerprint density at radius 2 is 1.74 bits per heavy atom. The van der Waals surface area contributed by atoms with Gasteiger partial charge in [-0.2, -0.15) is 0 Å². The molecule has 0 heterocycles. The maximum Gasteiger partial charge on any atom is 0.256 e. The molecule has 2 nitrogen and oxygen atoms in total. The molecular formula is C19H15ClFNO. The summed E-state index contributed by atoms with van der Waals surface area (Å²) in [6.45, 7) is 1.87. The molecule has 3 rings (SSSR count). The molecule has 0 saturated carbocycles. The summed E-state index contributed by atoms with van der Waals surface area (Å²) in [4.78, 5) is 12.4. The van der Waals surface area contributed by atoms with E-state index in [0.29, 0.717) is 0 Å². The van der Waals surface area contributed by atoms with Gasteiger partial charge < -0.3 is 5.32 Å². The fourth-order valence-electron chi connectivity index (χ4n) is 2.69. The lowest BCUT2D eigenvalue weighted by Crippen LogP contribution is -2.27. The molecule has 23 heavy (non-hydrogen) atoms. The third-order valence-electron chi connectivity index (χ3n) is 3.83. The Hall–Kier alpha value is -2.39. The lowest BCUT2D eigenvalue weighted by molar-refractivity contribution is 0.0936.